The molecule has 3 heterocycles. The van der Waals surface area contributed by atoms with Crippen LogP contribution in [0.4, 0.5) is 0 Å². The molecule has 1 saturated heterocycles. The van der Waals surface area contributed by atoms with Crippen LogP contribution in [0.15, 0.2) is 59.2 Å². The number of sulfone groups is 1. The van der Waals surface area contributed by atoms with Crippen LogP contribution in [0.1, 0.15) is 16.9 Å². The lowest BCUT2D eigenvalue weighted by molar-refractivity contribution is 0.0940. The van der Waals surface area contributed by atoms with Gasteiger partial charge in [-0.05, 0) is 36.6 Å². The maximum atomic E-state index is 12.8. The number of nitrogens with zero attached hydrogens (tertiary/aromatic N) is 2. The van der Waals surface area contributed by atoms with Gasteiger partial charge in [0.05, 0.1) is 23.5 Å². The van der Waals surface area contributed by atoms with E-state index in [0.29, 0.717) is 30.1 Å². The van der Waals surface area contributed by atoms with Crippen molar-refractivity contribution in [1.82, 2.24) is 15.1 Å². The van der Waals surface area contributed by atoms with E-state index in [4.69, 9.17) is 4.42 Å². The Labute approximate surface area is 156 Å². The van der Waals surface area contributed by atoms with Crippen molar-refractivity contribution in [3.05, 3.63) is 60.5 Å². The maximum absolute atomic E-state index is 12.8. The number of hydrogen-bond donors (Lipinski definition) is 1. The van der Waals surface area contributed by atoms with Crippen LogP contribution in [0.25, 0.3) is 17.1 Å². The molecule has 1 atom stereocenters. The molecule has 3 aromatic rings. The number of amides is 1. The number of para-hydroxylation sites is 1. The zero-order valence-corrected chi connectivity index (χ0v) is 15.4. The first-order chi connectivity index (χ1) is 13.0. The summed E-state index contributed by atoms with van der Waals surface area (Å²) in [4.78, 5) is 12.8. The van der Waals surface area contributed by atoms with E-state index >= 15 is 0 Å². The highest BCUT2D eigenvalue weighted by molar-refractivity contribution is 7.91. The number of furan rings is 1. The van der Waals surface area contributed by atoms with Gasteiger partial charge in [0.2, 0.25) is 0 Å². The summed E-state index contributed by atoms with van der Waals surface area (Å²) in [5, 5.41) is 7.37. The summed E-state index contributed by atoms with van der Waals surface area (Å²) < 4.78 is 30.1. The van der Waals surface area contributed by atoms with E-state index in [9.17, 15) is 13.2 Å². The predicted octanol–water partition coefficient (Wildman–Crippen LogP) is 2.30. The fourth-order valence-corrected chi connectivity index (χ4v) is 5.08. The number of carbonyl (C=O) groups is 1. The SMILES string of the molecule is O=C(NCC1CCS(=O)(=O)C1)c1cc(-c2ccco2)nn1-c1ccccc1. The Morgan fingerprint density at radius 3 is 2.70 bits per heavy atom. The van der Waals surface area contributed by atoms with Gasteiger partial charge in [0.1, 0.15) is 11.4 Å². The van der Waals surface area contributed by atoms with Gasteiger partial charge in [-0.15, -0.1) is 0 Å². The average Bonchev–Trinajstić information content (AvgIpc) is 3.39. The van der Waals surface area contributed by atoms with Gasteiger partial charge in [0.25, 0.3) is 5.91 Å². The fraction of sp³-hybridized carbons (Fsp3) is 0.263. The van der Waals surface area contributed by atoms with Crippen LogP contribution in [0.2, 0.25) is 0 Å². The summed E-state index contributed by atoms with van der Waals surface area (Å²) in [6, 6.07) is 14.6. The molecular formula is C19H19N3O4S. The highest BCUT2D eigenvalue weighted by Gasteiger charge is 2.28. The Hall–Kier alpha value is -2.87. The lowest BCUT2D eigenvalue weighted by atomic mass is 10.1. The van der Waals surface area contributed by atoms with E-state index < -0.39 is 9.84 Å². The van der Waals surface area contributed by atoms with Crippen molar-refractivity contribution in [3.8, 4) is 17.1 Å². The first-order valence-corrected chi connectivity index (χ1v) is 10.5. The van der Waals surface area contributed by atoms with E-state index in [1.807, 2.05) is 30.3 Å². The summed E-state index contributed by atoms with van der Waals surface area (Å²) in [7, 11) is -2.97. The van der Waals surface area contributed by atoms with Crippen LogP contribution in [0.3, 0.4) is 0 Å². The molecule has 0 spiro atoms. The quantitative estimate of drug-likeness (QED) is 0.727. The molecule has 0 saturated carbocycles. The molecule has 27 heavy (non-hydrogen) atoms. The van der Waals surface area contributed by atoms with Crippen molar-refractivity contribution in [2.75, 3.05) is 18.1 Å². The lowest BCUT2D eigenvalue weighted by Crippen LogP contribution is -2.31. The Kier molecular flexibility index (Phi) is 4.57. The molecule has 1 aromatic carbocycles. The number of nitrogens with one attached hydrogen (secondary N) is 1. The zero-order chi connectivity index (χ0) is 18.9. The maximum Gasteiger partial charge on any atom is 0.270 e. The van der Waals surface area contributed by atoms with Gasteiger partial charge >= 0.3 is 0 Å². The number of hydrogen-bond acceptors (Lipinski definition) is 5. The standard InChI is InChI=1S/C19H19N3O4S/c23-19(20-12-14-8-10-27(24,25)13-14)17-11-16(18-7-4-9-26-18)21-22(17)15-5-2-1-3-6-15/h1-7,9,11,14H,8,10,12-13H2,(H,20,23). The van der Waals surface area contributed by atoms with Gasteiger partial charge < -0.3 is 9.73 Å². The third-order valence-electron chi connectivity index (χ3n) is 4.59. The van der Waals surface area contributed by atoms with Crippen molar-refractivity contribution in [2.24, 2.45) is 5.92 Å². The summed E-state index contributed by atoms with van der Waals surface area (Å²) >= 11 is 0. The molecule has 1 N–H and O–H groups in total. The second-order valence-electron chi connectivity index (χ2n) is 6.62. The van der Waals surface area contributed by atoms with Crippen LogP contribution >= 0.6 is 0 Å². The van der Waals surface area contributed by atoms with Crippen LogP contribution in [0, 0.1) is 5.92 Å². The van der Waals surface area contributed by atoms with E-state index in [1.165, 1.54) is 0 Å². The Morgan fingerprint density at radius 1 is 1.22 bits per heavy atom. The summed E-state index contributed by atoms with van der Waals surface area (Å²) in [6.45, 7) is 0.327. The third-order valence-corrected chi connectivity index (χ3v) is 6.43. The molecule has 0 radical (unpaired) electrons. The predicted molar refractivity (Wildman–Crippen MR) is 100 cm³/mol. The number of benzene rings is 1. The normalized spacial score (nSPS) is 18.4. The average molecular weight is 385 g/mol. The molecule has 1 aliphatic heterocycles. The number of rotatable bonds is 5. The van der Waals surface area contributed by atoms with Gasteiger partial charge in [0, 0.05) is 12.6 Å². The van der Waals surface area contributed by atoms with Gasteiger partial charge in [-0.25, -0.2) is 13.1 Å². The molecule has 1 fully saturated rings. The molecule has 8 heteroatoms. The van der Waals surface area contributed by atoms with Crippen molar-refractivity contribution in [3.63, 3.8) is 0 Å². The Morgan fingerprint density at radius 2 is 2.04 bits per heavy atom. The van der Waals surface area contributed by atoms with Crippen molar-refractivity contribution in [1.29, 1.82) is 0 Å². The Balaban J connectivity index is 1.59. The molecule has 1 unspecified atom stereocenters. The van der Waals surface area contributed by atoms with Crippen molar-refractivity contribution in [2.45, 2.75) is 6.42 Å². The molecule has 4 rings (SSSR count). The lowest BCUT2D eigenvalue weighted by Gasteiger charge is -2.11. The van der Waals surface area contributed by atoms with E-state index in [1.54, 1.807) is 29.1 Å². The van der Waals surface area contributed by atoms with Gasteiger partial charge in [-0.2, -0.15) is 5.10 Å². The minimum atomic E-state index is -2.97. The Bertz CT molecular complexity index is 1040. The summed E-state index contributed by atoms with van der Waals surface area (Å²) in [6.07, 6.45) is 2.13. The molecule has 140 valence electrons. The largest absolute Gasteiger partial charge is 0.463 e. The van der Waals surface area contributed by atoms with Gasteiger partial charge in [-0.1, -0.05) is 18.2 Å². The van der Waals surface area contributed by atoms with E-state index in [0.717, 1.165) is 5.69 Å². The second-order valence-corrected chi connectivity index (χ2v) is 8.85. The second kappa shape index (κ2) is 7.03. The first-order valence-electron chi connectivity index (χ1n) is 8.70. The number of aromatic nitrogens is 2. The molecule has 0 aliphatic carbocycles. The number of carbonyl (C=O) groups excluding carboxylic acids is 1. The smallest absolute Gasteiger partial charge is 0.270 e. The zero-order valence-electron chi connectivity index (χ0n) is 14.5. The monoisotopic (exact) mass is 385 g/mol. The van der Waals surface area contributed by atoms with Crippen molar-refractivity contribution >= 4 is 15.7 Å². The van der Waals surface area contributed by atoms with Crippen LogP contribution in [-0.4, -0.2) is 42.2 Å². The fourth-order valence-electron chi connectivity index (χ4n) is 3.21. The summed E-state index contributed by atoms with van der Waals surface area (Å²) in [5.74, 6) is 0.548. The molecule has 7 nitrogen and oxygen atoms in total. The highest BCUT2D eigenvalue weighted by Crippen LogP contribution is 2.23. The topological polar surface area (TPSA) is 94.2 Å². The molecule has 2 aromatic heterocycles. The van der Waals surface area contributed by atoms with Crippen LogP contribution in [-0.2, 0) is 9.84 Å². The first kappa shape index (κ1) is 17.5. The van der Waals surface area contributed by atoms with Gasteiger partial charge in [0.15, 0.2) is 15.6 Å². The van der Waals surface area contributed by atoms with Crippen LogP contribution in [0.5, 0.6) is 0 Å². The van der Waals surface area contributed by atoms with Crippen LogP contribution < -0.4 is 5.32 Å². The highest BCUT2D eigenvalue weighted by atomic mass is 32.2. The minimum absolute atomic E-state index is 0.0448. The molecule has 0 bridgehead atoms. The minimum Gasteiger partial charge on any atom is -0.463 e. The van der Waals surface area contributed by atoms with E-state index in [2.05, 4.69) is 10.4 Å². The van der Waals surface area contributed by atoms with Crippen molar-refractivity contribution < 1.29 is 17.6 Å². The summed E-state index contributed by atoms with van der Waals surface area (Å²) in [5.41, 5.74) is 1.68. The molecular weight excluding hydrogens is 366 g/mol. The molecule has 1 amide bonds. The van der Waals surface area contributed by atoms with E-state index in [-0.39, 0.29) is 23.3 Å². The van der Waals surface area contributed by atoms with Gasteiger partial charge in [-0.3, -0.25) is 4.79 Å². The molecule has 1 aliphatic rings. The third kappa shape index (κ3) is 3.80.